The molecule has 1 fully saturated rings. The van der Waals surface area contributed by atoms with Gasteiger partial charge >= 0.3 is 0 Å². The van der Waals surface area contributed by atoms with E-state index in [1.807, 2.05) is 0 Å². The monoisotopic (exact) mass is 267 g/mol. The van der Waals surface area contributed by atoms with Gasteiger partial charge in [0.05, 0.1) is 13.7 Å². The molecule has 0 radical (unpaired) electrons. The smallest absolute Gasteiger partial charge is 0.126 e. The van der Waals surface area contributed by atoms with E-state index in [1.165, 1.54) is 31.4 Å². The van der Waals surface area contributed by atoms with Crippen molar-refractivity contribution in [2.24, 2.45) is 5.41 Å². The van der Waals surface area contributed by atoms with Crippen molar-refractivity contribution in [1.29, 1.82) is 0 Å². The molecular formula is C15H22FNO2. The first-order valence-electron chi connectivity index (χ1n) is 6.71. The van der Waals surface area contributed by atoms with Crippen LogP contribution in [0.3, 0.4) is 0 Å². The molecule has 1 aromatic carbocycles. The minimum absolute atomic E-state index is 0.268. The van der Waals surface area contributed by atoms with Crippen molar-refractivity contribution in [2.75, 3.05) is 27.4 Å². The van der Waals surface area contributed by atoms with Gasteiger partial charge in [0.2, 0.25) is 0 Å². The van der Waals surface area contributed by atoms with E-state index < -0.39 is 0 Å². The Morgan fingerprint density at radius 3 is 2.68 bits per heavy atom. The molecule has 1 N–H and O–H groups in total. The molecule has 19 heavy (non-hydrogen) atoms. The average Bonchev–Trinajstić information content (AvgIpc) is 2.37. The summed E-state index contributed by atoms with van der Waals surface area (Å²) in [5.74, 6) is 0.331. The third-order valence-electron chi connectivity index (χ3n) is 3.93. The van der Waals surface area contributed by atoms with Crippen molar-refractivity contribution in [3.8, 4) is 5.75 Å². The Morgan fingerprint density at radius 1 is 1.32 bits per heavy atom. The molecule has 0 heterocycles. The minimum atomic E-state index is -0.268. The van der Waals surface area contributed by atoms with E-state index in [9.17, 15) is 4.39 Å². The number of nitrogens with one attached hydrogen (secondary N) is 1. The first-order chi connectivity index (χ1) is 9.19. The summed E-state index contributed by atoms with van der Waals surface area (Å²) in [7, 11) is 3.32. The molecule has 1 aromatic rings. The van der Waals surface area contributed by atoms with Crippen molar-refractivity contribution < 1.29 is 13.9 Å². The number of halogens is 1. The van der Waals surface area contributed by atoms with E-state index in [-0.39, 0.29) is 5.82 Å². The third-order valence-corrected chi connectivity index (χ3v) is 3.93. The highest BCUT2D eigenvalue weighted by atomic mass is 19.1. The molecule has 1 aliphatic rings. The molecule has 1 saturated carbocycles. The zero-order valence-electron chi connectivity index (χ0n) is 11.7. The molecule has 4 heteroatoms. The number of methoxy groups -OCH3 is 2. The van der Waals surface area contributed by atoms with E-state index in [4.69, 9.17) is 9.47 Å². The van der Waals surface area contributed by atoms with Gasteiger partial charge in [-0.3, -0.25) is 0 Å². The van der Waals surface area contributed by atoms with Crippen molar-refractivity contribution in [3.05, 3.63) is 29.6 Å². The van der Waals surface area contributed by atoms with Gasteiger partial charge in [-0.05, 0) is 18.9 Å². The highest BCUT2D eigenvalue weighted by Gasteiger charge is 2.36. The summed E-state index contributed by atoms with van der Waals surface area (Å²) >= 11 is 0. The van der Waals surface area contributed by atoms with Crippen LogP contribution in [-0.4, -0.2) is 27.4 Å². The summed E-state index contributed by atoms with van der Waals surface area (Å²) in [5, 5.41) is 3.44. The summed E-state index contributed by atoms with van der Waals surface area (Å²) in [6.07, 6.45) is 3.72. The molecule has 0 saturated heterocycles. The standard InChI is InChI=1S/C15H22FNO2/c1-18-11-15(6-3-7-15)10-17-9-12-4-5-13(16)8-14(12)19-2/h4-5,8,17H,3,6-7,9-11H2,1-2H3. The summed E-state index contributed by atoms with van der Waals surface area (Å²) in [5.41, 5.74) is 1.28. The lowest BCUT2D eigenvalue weighted by Crippen LogP contribution is -2.43. The Labute approximate surface area is 114 Å². The molecule has 0 aromatic heterocycles. The lowest BCUT2D eigenvalue weighted by atomic mass is 9.69. The fourth-order valence-corrected chi connectivity index (χ4v) is 2.68. The lowest BCUT2D eigenvalue weighted by Gasteiger charge is -2.41. The lowest BCUT2D eigenvalue weighted by molar-refractivity contribution is 0.0177. The molecule has 0 aliphatic heterocycles. The maximum atomic E-state index is 13.1. The molecule has 106 valence electrons. The summed E-state index contributed by atoms with van der Waals surface area (Å²) in [6.45, 7) is 2.43. The number of hydrogen-bond acceptors (Lipinski definition) is 3. The molecule has 0 spiro atoms. The van der Waals surface area contributed by atoms with E-state index >= 15 is 0 Å². The SMILES string of the molecule is COCC1(CNCc2ccc(F)cc2OC)CCC1. The zero-order chi connectivity index (χ0) is 13.7. The largest absolute Gasteiger partial charge is 0.496 e. The molecule has 0 amide bonds. The Hall–Kier alpha value is -1.13. The second-order valence-electron chi connectivity index (χ2n) is 5.35. The number of ether oxygens (including phenoxy) is 2. The van der Waals surface area contributed by atoms with Gasteiger partial charge in [-0.1, -0.05) is 12.5 Å². The summed E-state index contributed by atoms with van der Waals surface area (Å²) in [4.78, 5) is 0. The van der Waals surface area contributed by atoms with Crippen LogP contribution >= 0.6 is 0 Å². The van der Waals surface area contributed by atoms with Crippen molar-refractivity contribution in [3.63, 3.8) is 0 Å². The quantitative estimate of drug-likeness (QED) is 0.824. The molecule has 0 unspecified atom stereocenters. The Bertz CT molecular complexity index is 419. The van der Waals surface area contributed by atoms with Crippen LogP contribution in [0.4, 0.5) is 4.39 Å². The highest BCUT2D eigenvalue weighted by Crippen LogP contribution is 2.40. The van der Waals surface area contributed by atoms with Crippen molar-refractivity contribution in [1.82, 2.24) is 5.32 Å². The van der Waals surface area contributed by atoms with Gasteiger partial charge in [-0.2, -0.15) is 0 Å². The van der Waals surface area contributed by atoms with Gasteiger partial charge in [0.1, 0.15) is 11.6 Å². The maximum absolute atomic E-state index is 13.1. The van der Waals surface area contributed by atoms with Gasteiger partial charge in [0, 0.05) is 37.2 Å². The fraction of sp³-hybridized carbons (Fsp3) is 0.600. The first-order valence-corrected chi connectivity index (χ1v) is 6.71. The van der Waals surface area contributed by atoms with Crippen LogP contribution in [0.5, 0.6) is 5.75 Å². The highest BCUT2D eigenvalue weighted by molar-refractivity contribution is 5.33. The summed E-state index contributed by atoms with van der Waals surface area (Å²) < 4.78 is 23.6. The first kappa shape index (κ1) is 14.3. The average molecular weight is 267 g/mol. The topological polar surface area (TPSA) is 30.5 Å². The van der Waals surface area contributed by atoms with E-state index in [0.29, 0.717) is 17.7 Å². The Morgan fingerprint density at radius 2 is 2.11 bits per heavy atom. The minimum Gasteiger partial charge on any atom is -0.496 e. The second kappa shape index (κ2) is 6.35. The molecule has 0 bridgehead atoms. The molecule has 0 atom stereocenters. The number of rotatable bonds is 7. The zero-order valence-corrected chi connectivity index (χ0v) is 11.7. The van der Waals surface area contributed by atoms with Gasteiger partial charge in [-0.15, -0.1) is 0 Å². The van der Waals surface area contributed by atoms with Crippen LogP contribution in [0, 0.1) is 11.2 Å². The van der Waals surface area contributed by atoms with Crippen molar-refractivity contribution >= 4 is 0 Å². The Balaban J connectivity index is 1.88. The fourth-order valence-electron chi connectivity index (χ4n) is 2.68. The van der Waals surface area contributed by atoms with Crippen LogP contribution in [-0.2, 0) is 11.3 Å². The van der Waals surface area contributed by atoms with Crippen LogP contribution in [0.2, 0.25) is 0 Å². The molecule has 1 aliphatic carbocycles. The number of hydrogen-bond donors (Lipinski definition) is 1. The number of benzene rings is 1. The predicted molar refractivity (Wildman–Crippen MR) is 72.8 cm³/mol. The van der Waals surface area contributed by atoms with Gasteiger partial charge in [-0.25, -0.2) is 4.39 Å². The van der Waals surface area contributed by atoms with Crippen LogP contribution in [0.1, 0.15) is 24.8 Å². The predicted octanol–water partition coefficient (Wildman–Crippen LogP) is 2.74. The van der Waals surface area contributed by atoms with Crippen molar-refractivity contribution in [2.45, 2.75) is 25.8 Å². The molecular weight excluding hydrogens is 245 g/mol. The van der Waals surface area contributed by atoms with Crippen LogP contribution in [0.15, 0.2) is 18.2 Å². The van der Waals surface area contributed by atoms with E-state index in [0.717, 1.165) is 18.7 Å². The molecule has 2 rings (SSSR count). The summed E-state index contributed by atoms with van der Waals surface area (Å²) in [6, 6.07) is 4.66. The normalized spacial score (nSPS) is 17.0. The van der Waals surface area contributed by atoms with Crippen LogP contribution < -0.4 is 10.1 Å². The third kappa shape index (κ3) is 3.45. The Kier molecular flexibility index (Phi) is 4.77. The van der Waals surface area contributed by atoms with Crippen LogP contribution in [0.25, 0.3) is 0 Å². The van der Waals surface area contributed by atoms with E-state index in [1.54, 1.807) is 20.3 Å². The van der Waals surface area contributed by atoms with Gasteiger partial charge < -0.3 is 14.8 Å². The molecule has 3 nitrogen and oxygen atoms in total. The maximum Gasteiger partial charge on any atom is 0.126 e. The van der Waals surface area contributed by atoms with E-state index in [2.05, 4.69) is 5.32 Å². The van der Waals surface area contributed by atoms with Gasteiger partial charge in [0.15, 0.2) is 0 Å². The second-order valence-corrected chi connectivity index (χ2v) is 5.35. The van der Waals surface area contributed by atoms with Gasteiger partial charge in [0.25, 0.3) is 0 Å².